The fourth-order valence-corrected chi connectivity index (χ4v) is 7.01. The van der Waals surface area contributed by atoms with Gasteiger partial charge >= 0.3 is 0 Å². The molecule has 5 aromatic carbocycles. The van der Waals surface area contributed by atoms with Crippen molar-refractivity contribution >= 4 is 34.6 Å². The van der Waals surface area contributed by atoms with Crippen LogP contribution >= 0.6 is 0 Å². The van der Waals surface area contributed by atoms with Crippen LogP contribution in [0.5, 0.6) is 0 Å². The van der Waals surface area contributed by atoms with Crippen molar-refractivity contribution < 1.29 is 4.42 Å². The molecule has 0 N–H and O–H groups in total. The fourth-order valence-electron chi connectivity index (χ4n) is 7.01. The molecule has 0 saturated carbocycles. The van der Waals surface area contributed by atoms with E-state index >= 15 is 0 Å². The first-order valence-electron chi connectivity index (χ1n) is 19.4. The molecule has 1 aliphatic carbocycles. The van der Waals surface area contributed by atoms with E-state index in [-0.39, 0.29) is 5.92 Å². The topological polar surface area (TPSA) is 51.8 Å². The second-order valence-corrected chi connectivity index (χ2v) is 14.5. The summed E-state index contributed by atoms with van der Waals surface area (Å²) in [6, 6.07) is 45.6. The molecule has 0 spiro atoms. The number of allylic oxidation sites excluding steroid dienone is 8. The van der Waals surface area contributed by atoms with Crippen LogP contribution in [0.15, 0.2) is 211 Å². The molecule has 0 amide bonds. The Morgan fingerprint density at radius 1 is 0.534 bits per heavy atom. The monoisotopic (exact) mass is 749 g/mol. The molecular formula is C54H43N3O. The Bertz CT molecular complexity index is 2940. The quantitative estimate of drug-likeness (QED) is 0.117. The van der Waals surface area contributed by atoms with Crippen molar-refractivity contribution in [2.24, 2.45) is 5.92 Å². The minimum Gasteiger partial charge on any atom is -0.457 e. The van der Waals surface area contributed by atoms with E-state index in [2.05, 4.69) is 130 Å². The minimum absolute atomic E-state index is 0.154. The van der Waals surface area contributed by atoms with Gasteiger partial charge in [0.1, 0.15) is 11.2 Å². The van der Waals surface area contributed by atoms with Gasteiger partial charge in [0, 0.05) is 21.9 Å². The highest BCUT2D eigenvalue weighted by molar-refractivity contribution is 5.85. The minimum atomic E-state index is 0.154. The van der Waals surface area contributed by atoms with Crippen LogP contribution in [0.2, 0.25) is 0 Å². The zero-order chi connectivity index (χ0) is 40.0. The number of hydrogen-bond donors (Lipinski definition) is 0. The van der Waals surface area contributed by atoms with E-state index in [1.165, 1.54) is 10.8 Å². The SMILES string of the molecule is C=C(/C=C\C(=C)C(=C)/C=C\c1cc2c(o1)=CCC(C)C=2c1nc(-c2ccccc2)nc(-c2cccc(-c3ccccc3)c2)n1)C(=C)/C=C\c1ccc2ccccc2c1. The smallest absolute Gasteiger partial charge is 0.164 e. The van der Waals surface area contributed by atoms with E-state index in [0.29, 0.717) is 23.2 Å². The molecule has 0 bridgehead atoms. The first kappa shape index (κ1) is 37.5. The van der Waals surface area contributed by atoms with Crippen LogP contribution in [0.25, 0.3) is 68.5 Å². The van der Waals surface area contributed by atoms with Gasteiger partial charge in [0.15, 0.2) is 17.5 Å². The summed E-state index contributed by atoms with van der Waals surface area (Å²) in [6.45, 7) is 19.2. The predicted molar refractivity (Wildman–Crippen MR) is 243 cm³/mol. The van der Waals surface area contributed by atoms with Crippen LogP contribution in [0.4, 0.5) is 0 Å². The molecule has 2 aromatic heterocycles. The largest absolute Gasteiger partial charge is 0.457 e. The second kappa shape index (κ2) is 16.7. The van der Waals surface area contributed by atoms with Crippen LogP contribution in [-0.2, 0) is 0 Å². The average Bonchev–Trinajstić information content (AvgIpc) is 3.69. The van der Waals surface area contributed by atoms with E-state index in [1.54, 1.807) is 0 Å². The lowest BCUT2D eigenvalue weighted by molar-refractivity contribution is 0.515. The molecule has 7 aromatic rings. The van der Waals surface area contributed by atoms with Crippen LogP contribution in [0.1, 0.15) is 30.5 Å². The summed E-state index contributed by atoms with van der Waals surface area (Å²) >= 11 is 0. The lowest BCUT2D eigenvalue weighted by atomic mass is 9.91. The Morgan fingerprint density at radius 2 is 1.10 bits per heavy atom. The van der Waals surface area contributed by atoms with Gasteiger partial charge in [-0.1, -0.05) is 179 Å². The van der Waals surface area contributed by atoms with Gasteiger partial charge in [0.2, 0.25) is 0 Å². The van der Waals surface area contributed by atoms with Crippen molar-refractivity contribution in [3.63, 3.8) is 0 Å². The first-order chi connectivity index (χ1) is 28.3. The van der Waals surface area contributed by atoms with Crippen molar-refractivity contribution in [2.75, 3.05) is 0 Å². The molecule has 2 heterocycles. The number of aromatic nitrogens is 3. The second-order valence-electron chi connectivity index (χ2n) is 14.5. The first-order valence-corrected chi connectivity index (χ1v) is 19.4. The van der Waals surface area contributed by atoms with Crippen molar-refractivity contribution in [1.82, 2.24) is 15.0 Å². The van der Waals surface area contributed by atoms with Gasteiger partial charge in [0.05, 0.1) is 0 Å². The number of furan rings is 1. The van der Waals surface area contributed by atoms with Gasteiger partial charge in [-0.25, -0.2) is 15.0 Å². The number of benzene rings is 5. The molecule has 1 atom stereocenters. The van der Waals surface area contributed by atoms with Crippen molar-refractivity contribution in [3.8, 4) is 33.9 Å². The maximum Gasteiger partial charge on any atom is 0.164 e. The lowest BCUT2D eigenvalue weighted by Crippen LogP contribution is -2.30. The van der Waals surface area contributed by atoms with E-state index < -0.39 is 0 Å². The molecule has 4 heteroatoms. The molecule has 0 aliphatic heterocycles. The third-order valence-electron chi connectivity index (χ3n) is 10.4. The van der Waals surface area contributed by atoms with Crippen LogP contribution in [0, 0.1) is 5.92 Å². The van der Waals surface area contributed by atoms with Gasteiger partial charge in [-0.05, 0) is 92.4 Å². The Labute approximate surface area is 340 Å². The van der Waals surface area contributed by atoms with Gasteiger partial charge in [-0.2, -0.15) is 0 Å². The molecule has 0 saturated heterocycles. The summed E-state index contributed by atoms with van der Waals surface area (Å²) in [4.78, 5) is 15.2. The molecule has 0 fully saturated rings. The van der Waals surface area contributed by atoms with Gasteiger partial charge in [-0.3, -0.25) is 0 Å². The van der Waals surface area contributed by atoms with E-state index in [4.69, 9.17) is 19.4 Å². The number of rotatable bonds is 12. The fraction of sp³-hybridized carbons (Fsp3) is 0.0556. The maximum atomic E-state index is 6.39. The molecule has 58 heavy (non-hydrogen) atoms. The lowest BCUT2D eigenvalue weighted by Gasteiger charge is -2.17. The zero-order valence-electron chi connectivity index (χ0n) is 32.6. The Balaban J connectivity index is 1.04. The standard InChI is InChI=1S/C54H43N3O/c1-36(38(3)25-28-41-29-30-43-17-12-13-20-45(43)33-41)23-24-37(2)39(4)26-31-48-35-49-50(58-48)32-27-40(5)51(49)54-56-52(44-18-10-7-11-19-44)55-53(57-54)47-22-14-21-46(34-47)42-15-8-6-9-16-42/h6-26,28-35,40H,1-4,27H2,5H3/b24-23-,28-25-,31-26-. The number of hydrogen-bond acceptors (Lipinski definition) is 4. The number of fused-ring (bicyclic) bond motifs is 2. The summed E-state index contributed by atoms with van der Waals surface area (Å²) < 4.78 is 6.39. The maximum absolute atomic E-state index is 6.39. The van der Waals surface area contributed by atoms with Crippen LogP contribution in [0.3, 0.4) is 0 Å². The summed E-state index contributed by atoms with van der Waals surface area (Å²) in [7, 11) is 0. The van der Waals surface area contributed by atoms with Gasteiger partial charge in [-0.15, -0.1) is 0 Å². The molecule has 4 nitrogen and oxygen atoms in total. The van der Waals surface area contributed by atoms with Crippen LogP contribution in [-0.4, -0.2) is 15.0 Å². The van der Waals surface area contributed by atoms with Gasteiger partial charge < -0.3 is 4.42 Å². The zero-order valence-corrected chi connectivity index (χ0v) is 32.6. The van der Waals surface area contributed by atoms with E-state index in [1.807, 2.05) is 78.9 Å². The predicted octanol–water partition coefficient (Wildman–Crippen LogP) is 12.1. The molecule has 280 valence electrons. The Hall–Kier alpha value is -7.43. The van der Waals surface area contributed by atoms with Crippen molar-refractivity contribution in [1.29, 1.82) is 0 Å². The van der Waals surface area contributed by atoms with E-state index in [0.717, 1.165) is 72.7 Å². The molecule has 8 rings (SSSR count). The highest BCUT2D eigenvalue weighted by Gasteiger charge is 2.22. The van der Waals surface area contributed by atoms with Gasteiger partial charge in [0.25, 0.3) is 0 Å². The number of nitrogens with zero attached hydrogens (tertiary/aromatic N) is 3. The molecule has 0 radical (unpaired) electrons. The summed E-state index contributed by atoms with van der Waals surface area (Å²) in [5, 5.41) is 3.39. The Morgan fingerprint density at radius 3 is 1.83 bits per heavy atom. The Kier molecular flexibility index (Phi) is 10.8. The molecular weight excluding hydrogens is 707 g/mol. The third kappa shape index (κ3) is 8.37. The third-order valence-corrected chi connectivity index (χ3v) is 10.4. The average molecular weight is 750 g/mol. The van der Waals surface area contributed by atoms with E-state index in [9.17, 15) is 0 Å². The molecule has 1 aliphatic rings. The summed E-state index contributed by atoms with van der Waals surface area (Å²) in [5.74, 6) is 2.75. The summed E-state index contributed by atoms with van der Waals surface area (Å²) in [6.07, 6.45) is 14.7. The molecule has 1 unspecified atom stereocenters. The van der Waals surface area contributed by atoms with Crippen molar-refractivity contribution in [2.45, 2.75) is 13.3 Å². The van der Waals surface area contributed by atoms with Crippen molar-refractivity contribution in [3.05, 3.63) is 234 Å². The normalized spacial score (nSPS) is 13.9. The summed E-state index contributed by atoms with van der Waals surface area (Å²) in [5.41, 5.74) is 10.2. The highest BCUT2D eigenvalue weighted by atomic mass is 16.3. The van der Waals surface area contributed by atoms with Crippen LogP contribution < -0.4 is 10.6 Å². The highest BCUT2D eigenvalue weighted by Crippen LogP contribution is 2.30.